The second kappa shape index (κ2) is 9.82. The lowest BCUT2D eigenvalue weighted by molar-refractivity contribution is 0.0944. The van der Waals surface area contributed by atoms with Crippen molar-refractivity contribution in [2.75, 3.05) is 36.0 Å². The maximum absolute atomic E-state index is 13.2. The number of pyridine rings is 1. The van der Waals surface area contributed by atoms with Gasteiger partial charge in [-0.25, -0.2) is 9.37 Å². The van der Waals surface area contributed by atoms with Crippen molar-refractivity contribution in [1.82, 2.24) is 14.7 Å². The Bertz CT molecular complexity index is 1330. The SMILES string of the molecule is [B]c1ccc2nc(CC)c(C(=O)NCc3ccc(N4CCN(c5ccc(F)cc5)CC4)cc3)n2c1. The lowest BCUT2D eigenvalue weighted by atomic mass is 9.99. The highest BCUT2D eigenvalue weighted by atomic mass is 19.1. The molecule has 0 spiro atoms. The van der Waals surface area contributed by atoms with Crippen LogP contribution in [0.3, 0.4) is 0 Å². The number of nitrogens with zero attached hydrogens (tertiary/aromatic N) is 4. The van der Waals surface area contributed by atoms with Gasteiger partial charge in [0.25, 0.3) is 5.91 Å². The molecule has 0 unspecified atom stereocenters. The lowest BCUT2D eigenvalue weighted by Crippen LogP contribution is -2.46. The van der Waals surface area contributed by atoms with Crippen LogP contribution in [-0.2, 0) is 13.0 Å². The van der Waals surface area contributed by atoms with Crippen molar-refractivity contribution in [2.45, 2.75) is 19.9 Å². The van der Waals surface area contributed by atoms with Crippen LogP contribution in [0.4, 0.5) is 15.8 Å². The van der Waals surface area contributed by atoms with E-state index in [1.54, 1.807) is 16.7 Å². The van der Waals surface area contributed by atoms with Crippen molar-refractivity contribution in [1.29, 1.82) is 0 Å². The molecule has 0 atom stereocenters. The number of carbonyl (C=O) groups excluding carboxylic acids is 1. The van der Waals surface area contributed by atoms with Gasteiger partial charge in [-0.05, 0) is 54.4 Å². The third kappa shape index (κ3) is 4.87. The smallest absolute Gasteiger partial charge is 0.270 e. The van der Waals surface area contributed by atoms with Gasteiger partial charge in [-0.3, -0.25) is 9.20 Å². The molecular formula is C27H27BFN5O. The van der Waals surface area contributed by atoms with Gasteiger partial charge in [0, 0.05) is 50.3 Å². The summed E-state index contributed by atoms with van der Waals surface area (Å²) in [7, 11) is 5.93. The highest BCUT2D eigenvalue weighted by Gasteiger charge is 2.19. The number of carbonyl (C=O) groups is 1. The summed E-state index contributed by atoms with van der Waals surface area (Å²) >= 11 is 0. The summed E-state index contributed by atoms with van der Waals surface area (Å²) in [5, 5.41) is 3.03. The molecule has 2 aromatic carbocycles. The molecule has 3 heterocycles. The van der Waals surface area contributed by atoms with Crippen molar-refractivity contribution in [3.63, 3.8) is 0 Å². The van der Waals surface area contributed by atoms with E-state index in [4.69, 9.17) is 7.85 Å². The first-order valence-electron chi connectivity index (χ1n) is 11.9. The fraction of sp³-hybridized carbons (Fsp3) is 0.259. The fourth-order valence-electron chi connectivity index (χ4n) is 4.56. The van der Waals surface area contributed by atoms with E-state index in [1.165, 1.54) is 12.1 Å². The zero-order chi connectivity index (χ0) is 24.4. The molecule has 1 aliphatic heterocycles. The fourth-order valence-corrected chi connectivity index (χ4v) is 4.56. The highest BCUT2D eigenvalue weighted by molar-refractivity contribution is 6.32. The number of amides is 1. The van der Waals surface area contributed by atoms with E-state index in [0.717, 1.165) is 48.8 Å². The van der Waals surface area contributed by atoms with Gasteiger partial charge in [0.15, 0.2) is 0 Å². The monoisotopic (exact) mass is 467 g/mol. The van der Waals surface area contributed by atoms with Crippen LogP contribution in [0.1, 0.15) is 28.7 Å². The van der Waals surface area contributed by atoms with Gasteiger partial charge < -0.3 is 15.1 Å². The molecule has 1 amide bonds. The van der Waals surface area contributed by atoms with Crippen LogP contribution in [0, 0.1) is 5.82 Å². The zero-order valence-corrected chi connectivity index (χ0v) is 19.7. The number of aryl methyl sites for hydroxylation is 1. The Hall–Kier alpha value is -3.81. The summed E-state index contributed by atoms with van der Waals surface area (Å²) in [4.78, 5) is 22.2. The lowest BCUT2D eigenvalue weighted by Gasteiger charge is -2.37. The van der Waals surface area contributed by atoms with Gasteiger partial charge in [0.05, 0.1) is 5.69 Å². The molecule has 5 rings (SSSR count). The Balaban J connectivity index is 1.20. The van der Waals surface area contributed by atoms with Gasteiger partial charge in [0.2, 0.25) is 0 Å². The molecule has 2 aromatic heterocycles. The Morgan fingerprint density at radius 2 is 1.54 bits per heavy atom. The van der Waals surface area contributed by atoms with Crippen LogP contribution in [0.2, 0.25) is 0 Å². The quantitative estimate of drug-likeness (QED) is 0.443. The number of anilines is 2. The number of hydrogen-bond acceptors (Lipinski definition) is 4. The first kappa shape index (κ1) is 23.0. The Morgan fingerprint density at radius 3 is 2.14 bits per heavy atom. The third-order valence-electron chi connectivity index (χ3n) is 6.49. The standard InChI is InChI=1S/C27H27BFN5O/c1-2-24-26(34-18-20(28)5-12-25(34)31-24)27(35)30-17-19-3-8-22(9-4-19)32-13-15-33(16-14-32)23-10-6-21(29)7-11-23/h3-12,18H,2,13-17H2,1H3,(H,30,35). The molecule has 0 bridgehead atoms. The van der Waals surface area contributed by atoms with Gasteiger partial charge in [0.1, 0.15) is 25.0 Å². The number of nitrogens with one attached hydrogen (secondary N) is 1. The second-order valence-electron chi connectivity index (χ2n) is 8.75. The summed E-state index contributed by atoms with van der Waals surface area (Å²) in [6.07, 6.45) is 2.40. The minimum atomic E-state index is -0.210. The van der Waals surface area contributed by atoms with E-state index in [9.17, 15) is 9.18 Å². The predicted octanol–water partition coefficient (Wildman–Crippen LogP) is 3.09. The number of halogens is 1. The summed E-state index contributed by atoms with van der Waals surface area (Å²) in [5.74, 6) is -0.376. The molecule has 4 aromatic rings. The molecule has 1 fully saturated rings. The topological polar surface area (TPSA) is 52.9 Å². The van der Waals surface area contributed by atoms with Crippen molar-refractivity contribution in [2.24, 2.45) is 0 Å². The first-order chi connectivity index (χ1) is 17.0. The zero-order valence-electron chi connectivity index (χ0n) is 19.7. The Kier molecular flexibility index (Phi) is 6.44. The number of imidazole rings is 1. The molecule has 1 aliphatic rings. The largest absolute Gasteiger partial charge is 0.368 e. The average Bonchev–Trinajstić information content (AvgIpc) is 3.26. The third-order valence-corrected chi connectivity index (χ3v) is 6.49. The van der Waals surface area contributed by atoms with Gasteiger partial charge in [-0.15, -0.1) is 0 Å². The van der Waals surface area contributed by atoms with Crippen LogP contribution in [0.25, 0.3) is 5.65 Å². The van der Waals surface area contributed by atoms with Crippen molar-refractivity contribution >= 4 is 36.2 Å². The summed E-state index contributed by atoms with van der Waals surface area (Å²) in [5.41, 5.74) is 5.82. The van der Waals surface area contributed by atoms with Crippen molar-refractivity contribution in [3.8, 4) is 0 Å². The number of fused-ring (bicyclic) bond motifs is 1. The van der Waals surface area contributed by atoms with E-state index in [-0.39, 0.29) is 11.7 Å². The number of benzene rings is 2. The highest BCUT2D eigenvalue weighted by Crippen LogP contribution is 2.21. The first-order valence-corrected chi connectivity index (χ1v) is 11.9. The maximum atomic E-state index is 13.2. The molecular weight excluding hydrogens is 440 g/mol. The Morgan fingerprint density at radius 1 is 0.943 bits per heavy atom. The van der Waals surface area contributed by atoms with Crippen LogP contribution in [0.15, 0.2) is 66.9 Å². The second-order valence-corrected chi connectivity index (χ2v) is 8.75. The number of piperazine rings is 1. The van der Waals surface area contributed by atoms with E-state index in [1.807, 2.05) is 25.1 Å². The maximum Gasteiger partial charge on any atom is 0.270 e. The van der Waals surface area contributed by atoms with Gasteiger partial charge in [-0.1, -0.05) is 30.6 Å². The molecule has 6 nitrogen and oxygen atoms in total. The summed E-state index contributed by atoms with van der Waals surface area (Å²) < 4.78 is 15.0. The molecule has 1 saturated heterocycles. The number of aromatic nitrogens is 2. The van der Waals surface area contributed by atoms with E-state index >= 15 is 0 Å². The molecule has 8 heteroatoms. The van der Waals surface area contributed by atoms with Crippen molar-refractivity contribution < 1.29 is 9.18 Å². The number of hydrogen-bond donors (Lipinski definition) is 1. The minimum Gasteiger partial charge on any atom is -0.368 e. The van der Waals surface area contributed by atoms with Crippen molar-refractivity contribution in [3.05, 3.63) is 89.6 Å². The number of rotatable bonds is 6. The Labute approximate surface area is 205 Å². The van der Waals surface area contributed by atoms with E-state index < -0.39 is 0 Å². The minimum absolute atomic E-state index is 0.166. The van der Waals surface area contributed by atoms with E-state index in [2.05, 4.69) is 44.4 Å². The molecule has 176 valence electrons. The van der Waals surface area contributed by atoms with Crippen LogP contribution in [0.5, 0.6) is 0 Å². The summed E-state index contributed by atoms with van der Waals surface area (Å²) in [6.45, 7) is 5.96. The van der Waals surface area contributed by atoms with Crippen LogP contribution >= 0.6 is 0 Å². The molecule has 0 aliphatic carbocycles. The average molecular weight is 467 g/mol. The van der Waals surface area contributed by atoms with Gasteiger partial charge in [-0.2, -0.15) is 0 Å². The molecule has 35 heavy (non-hydrogen) atoms. The molecule has 2 radical (unpaired) electrons. The van der Waals surface area contributed by atoms with Crippen LogP contribution in [-0.4, -0.2) is 49.3 Å². The van der Waals surface area contributed by atoms with E-state index in [0.29, 0.717) is 29.8 Å². The van der Waals surface area contributed by atoms with Gasteiger partial charge >= 0.3 is 0 Å². The molecule has 0 saturated carbocycles. The van der Waals surface area contributed by atoms with Crippen LogP contribution < -0.4 is 20.6 Å². The summed E-state index contributed by atoms with van der Waals surface area (Å²) in [6, 6.07) is 18.6. The normalized spacial score (nSPS) is 13.9. The predicted molar refractivity (Wildman–Crippen MR) is 138 cm³/mol. The molecule has 1 N–H and O–H groups in total.